The van der Waals surface area contributed by atoms with Crippen molar-refractivity contribution in [1.82, 2.24) is 4.72 Å². The minimum absolute atomic E-state index is 0.0428. The summed E-state index contributed by atoms with van der Waals surface area (Å²) in [6.07, 6.45) is -0.384. The third kappa shape index (κ3) is 7.11. The number of esters is 1. The zero-order chi connectivity index (χ0) is 24.6. The normalized spacial score (nSPS) is 11.9. The van der Waals surface area contributed by atoms with Crippen LogP contribution >= 0.6 is 0 Å². The van der Waals surface area contributed by atoms with Crippen molar-refractivity contribution in [2.24, 2.45) is 0 Å². The van der Waals surface area contributed by atoms with E-state index in [9.17, 15) is 22.8 Å². The van der Waals surface area contributed by atoms with Gasteiger partial charge in [-0.1, -0.05) is 78.9 Å². The standard InChI is InChI=1S/C26H25NO6S/c1-19(22-13-8-14-23(17-22)25(29)21-11-6-3-7-12-21)26(30)27-34(31,32)16-15-24(28)33-18-20-9-4-2-5-10-20/h2-14,17,19H,15-16,18H2,1H3,(H,27,30). The molecule has 0 spiro atoms. The molecule has 0 heterocycles. The lowest BCUT2D eigenvalue weighted by Gasteiger charge is -2.14. The molecular weight excluding hydrogens is 454 g/mol. The molecule has 0 radical (unpaired) electrons. The van der Waals surface area contributed by atoms with Crippen molar-refractivity contribution in [2.45, 2.75) is 25.9 Å². The van der Waals surface area contributed by atoms with Crippen LogP contribution in [0.5, 0.6) is 0 Å². The molecule has 0 bridgehead atoms. The van der Waals surface area contributed by atoms with Crippen molar-refractivity contribution >= 4 is 27.7 Å². The van der Waals surface area contributed by atoms with Crippen LogP contribution in [0.3, 0.4) is 0 Å². The number of benzene rings is 3. The molecule has 3 aromatic carbocycles. The summed E-state index contributed by atoms with van der Waals surface area (Å²) in [5.74, 6) is -3.03. The molecule has 3 rings (SSSR count). The monoisotopic (exact) mass is 479 g/mol. The Morgan fingerprint density at radius 2 is 1.47 bits per heavy atom. The Balaban J connectivity index is 1.56. The predicted molar refractivity (Wildman–Crippen MR) is 128 cm³/mol. The van der Waals surface area contributed by atoms with Gasteiger partial charge in [-0.2, -0.15) is 0 Å². The molecule has 0 aliphatic heterocycles. The molecule has 0 fully saturated rings. The average Bonchev–Trinajstić information content (AvgIpc) is 2.86. The van der Waals surface area contributed by atoms with Gasteiger partial charge < -0.3 is 4.74 Å². The molecule has 1 atom stereocenters. The Hall–Kier alpha value is -3.78. The smallest absolute Gasteiger partial charge is 0.307 e. The van der Waals surface area contributed by atoms with Gasteiger partial charge in [0.1, 0.15) is 6.61 Å². The number of hydrogen-bond donors (Lipinski definition) is 1. The molecule has 0 aliphatic rings. The van der Waals surface area contributed by atoms with Gasteiger partial charge in [-0.25, -0.2) is 8.42 Å². The van der Waals surface area contributed by atoms with Crippen molar-refractivity contribution < 1.29 is 27.5 Å². The molecule has 0 saturated carbocycles. The first-order valence-corrected chi connectivity index (χ1v) is 12.3. The molecule has 1 N–H and O–H groups in total. The molecule has 3 aromatic rings. The largest absolute Gasteiger partial charge is 0.461 e. The first-order chi connectivity index (χ1) is 16.2. The topological polar surface area (TPSA) is 107 Å². The van der Waals surface area contributed by atoms with Crippen molar-refractivity contribution in [2.75, 3.05) is 5.75 Å². The van der Waals surface area contributed by atoms with Crippen LogP contribution in [0.1, 0.15) is 46.3 Å². The first kappa shape index (κ1) is 24.9. The van der Waals surface area contributed by atoms with E-state index in [0.717, 1.165) is 5.56 Å². The highest BCUT2D eigenvalue weighted by atomic mass is 32.2. The lowest BCUT2D eigenvalue weighted by atomic mass is 9.95. The number of carbonyl (C=O) groups is 3. The zero-order valence-electron chi connectivity index (χ0n) is 18.6. The second-order valence-electron chi connectivity index (χ2n) is 7.72. The number of nitrogens with one attached hydrogen (secondary N) is 1. The van der Waals surface area contributed by atoms with Crippen LogP contribution in [0, 0.1) is 0 Å². The quantitative estimate of drug-likeness (QED) is 0.352. The van der Waals surface area contributed by atoms with Gasteiger partial charge in [0.25, 0.3) is 0 Å². The SMILES string of the molecule is CC(C(=O)NS(=O)(=O)CCC(=O)OCc1ccccc1)c1cccc(C(=O)c2ccccc2)c1. The van der Waals surface area contributed by atoms with E-state index in [-0.39, 0.29) is 18.8 Å². The van der Waals surface area contributed by atoms with Gasteiger partial charge in [0.15, 0.2) is 5.78 Å². The van der Waals surface area contributed by atoms with Gasteiger partial charge in [0, 0.05) is 11.1 Å². The van der Waals surface area contributed by atoms with Gasteiger partial charge in [-0.15, -0.1) is 0 Å². The number of ketones is 1. The number of carbonyl (C=O) groups excluding carboxylic acids is 3. The summed E-state index contributed by atoms with van der Waals surface area (Å²) >= 11 is 0. The Kier molecular flexibility index (Phi) is 8.32. The number of rotatable bonds is 10. The van der Waals surface area contributed by atoms with Gasteiger partial charge >= 0.3 is 5.97 Å². The summed E-state index contributed by atoms with van der Waals surface area (Å²) in [5.41, 5.74) is 2.19. The highest BCUT2D eigenvalue weighted by Crippen LogP contribution is 2.19. The van der Waals surface area contributed by atoms with Crippen LogP contribution in [0.25, 0.3) is 0 Å². The maximum absolute atomic E-state index is 12.7. The third-order valence-corrected chi connectivity index (χ3v) is 6.41. The minimum Gasteiger partial charge on any atom is -0.461 e. The van der Waals surface area contributed by atoms with E-state index in [4.69, 9.17) is 4.74 Å². The van der Waals surface area contributed by atoms with Crippen LogP contribution in [0.15, 0.2) is 84.9 Å². The zero-order valence-corrected chi connectivity index (χ0v) is 19.5. The molecule has 7 nitrogen and oxygen atoms in total. The van der Waals surface area contributed by atoms with E-state index in [1.54, 1.807) is 79.7 Å². The van der Waals surface area contributed by atoms with Gasteiger partial charge in [-0.05, 0) is 24.1 Å². The average molecular weight is 480 g/mol. The Morgan fingerprint density at radius 3 is 2.15 bits per heavy atom. The number of sulfonamides is 1. The summed E-state index contributed by atoms with van der Waals surface area (Å²) in [5, 5.41) is 0. The molecule has 1 amide bonds. The maximum atomic E-state index is 12.7. The molecule has 1 unspecified atom stereocenters. The van der Waals surface area contributed by atoms with Crippen LogP contribution in [-0.4, -0.2) is 31.8 Å². The Bertz CT molecular complexity index is 1260. The van der Waals surface area contributed by atoms with E-state index in [2.05, 4.69) is 0 Å². The molecule has 0 saturated heterocycles. The molecule has 8 heteroatoms. The van der Waals surface area contributed by atoms with Crippen LogP contribution in [-0.2, 0) is 31.0 Å². The van der Waals surface area contributed by atoms with E-state index in [1.165, 1.54) is 0 Å². The number of hydrogen-bond acceptors (Lipinski definition) is 6. The summed E-state index contributed by atoms with van der Waals surface area (Å²) in [6, 6.07) is 24.2. The van der Waals surface area contributed by atoms with Crippen molar-refractivity contribution in [1.29, 1.82) is 0 Å². The lowest BCUT2D eigenvalue weighted by molar-refractivity contribution is -0.144. The number of amides is 1. The van der Waals surface area contributed by atoms with E-state index in [1.807, 2.05) is 16.9 Å². The molecule has 34 heavy (non-hydrogen) atoms. The number of ether oxygens (including phenoxy) is 1. The van der Waals surface area contributed by atoms with E-state index < -0.39 is 33.6 Å². The van der Waals surface area contributed by atoms with Crippen LogP contribution in [0.2, 0.25) is 0 Å². The fourth-order valence-electron chi connectivity index (χ4n) is 3.18. The summed E-state index contributed by atoms with van der Waals surface area (Å²) in [7, 11) is -4.05. The summed E-state index contributed by atoms with van der Waals surface area (Å²) in [4.78, 5) is 37.1. The predicted octanol–water partition coefficient (Wildman–Crippen LogP) is 3.60. The molecule has 0 aromatic heterocycles. The maximum Gasteiger partial charge on any atom is 0.307 e. The minimum atomic E-state index is -4.05. The van der Waals surface area contributed by atoms with Crippen molar-refractivity contribution in [3.05, 3.63) is 107 Å². The summed E-state index contributed by atoms with van der Waals surface area (Å²) in [6.45, 7) is 1.59. The van der Waals surface area contributed by atoms with E-state index >= 15 is 0 Å². The third-order valence-electron chi connectivity index (χ3n) is 5.15. The highest BCUT2D eigenvalue weighted by molar-refractivity contribution is 7.90. The fourth-order valence-corrected chi connectivity index (χ4v) is 4.20. The van der Waals surface area contributed by atoms with E-state index in [0.29, 0.717) is 16.7 Å². The fraction of sp³-hybridized carbons (Fsp3) is 0.192. The van der Waals surface area contributed by atoms with Crippen molar-refractivity contribution in [3.8, 4) is 0 Å². The highest BCUT2D eigenvalue weighted by Gasteiger charge is 2.23. The lowest BCUT2D eigenvalue weighted by Crippen LogP contribution is -2.36. The molecule has 176 valence electrons. The van der Waals surface area contributed by atoms with Gasteiger partial charge in [0.05, 0.1) is 18.1 Å². The second-order valence-corrected chi connectivity index (χ2v) is 9.57. The second kappa shape index (κ2) is 11.4. The van der Waals surface area contributed by atoms with Crippen LogP contribution in [0.4, 0.5) is 0 Å². The van der Waals surface area contributed by atoms with Crippen LogP contribution < -0.4 is 4.72 Å². The Labute approximate surface area is 198 Å². The Morgan fingerprint density at radius 1 is 0.853 bits per heavy atom. The molecule has 0 aliphatic carbocycles. The molecular formula is C26H25NO6S. The first-order valence-electron chi connectivity index (χ1n) is 10.7. The van der Waals surface area contributed by atoms with Gasteiger partial charge in [0.2, 0.25) is 15.9 Å². The van der Waals surface area contributed by atoms with Crippen molar-refractivity contribution in [3.63, 3.8) is 0 Å². The summed E-state index contributed by atoms with van der Waals surface area (Å²) < 4.78 is 31.7. The van der Waals surface area contributed by atoms with Gasteiger partial charge in [-0.3, -0.25) is 19.1 Å².